The van der Waals surface area contributed by atoms with Crippen LogP contribution < -0.4 is 10.2 Å². The number of anilines is 1. The molecule has 0 aliphatic carbocycles. The van der Waals surface area contributed by atoms with Gasteiger partial charge in [-0.3, -0.25) is 9.78 Å². The summed E-state index contributed by atoms with van der Waals surface area (Å²) in [4.78, 5) is 23.2. The molecule has 6 heteroatoms. The van der Waals surface area contributed by atoms with Crippen LogP contribution in [0.5, 0.6) is 0 Å². The number of nitrogens with one attached hydrogen (secondary N) is 1. The molecule has 1 N–H and O–H groups in total. The third-order valence-electron chi connectivity index (χ3n) is 4.49. The minimum atomic E-state index is -0.0161. The van der Waals surface area contributed by atoms with Gasteiger partial charge in [-0.1, -0.05) is 23.7 Å². The van der Waals surface area contributed by atoms with Crippen LogP contribution in [0.3, 0.4) is 0 Å². The Balaban J connectivity index is 1.55. The van der Waals surface area contributed by atoms with Crippen molar-refractivity contribution in [2.24, 2.45) is 5.92 Å². The Labute approximate surface area is 153 Å². The molecular formula is C19H23ClN4O. The first kappa shape index (κ1) is 17.7. The van der Waals surface area contributed by atoms with E-state index in [0.717, 1.165) is 42.2 Å². The smallest absolute Gasteiger partial charge is 0.225 e. The number of hydrogen-bond acceptors (Lipinski definition) is 4. The van der Waals surface area contributed by atoms with Crippen molar-refractivity contribution in [1.82, 2.24) is 15.3 Å². The van der Waals surface area contributed by atoms with Crippen LogP contribution in [0.4, 0.5) is 5.82 Å². The van der Waals surface area contributed by atoms with Crippen molar-refractivity contribution in [3.8, 4) is 0 Å². The van der Waals surface area contributed by atoms with Gasteiger partial charge in [-0.15, -0.1) is 0 Å². The molecule has 0 unspecified atom stereocenters. The number of hydrogen-bond donors (Lipinski definition) is 1. The van der Waals surface area contributed by atoms with Gasteiger partial charge in [0.1, 0.15) is 5.82 Å². The van der Waals surface area contributed by atoms with E-state index in [4.69, 9.17) is 11.6 Å². The van der Waals surface area contributed by atoms with Crippen LogP contribution in [-0.4, -0.2) is 35.0 Å². The number of carbonyl (C=O) groups excluding carboxylic acids is 1. The van der Waals surface area contributed by atoms with Crippen LogP contribution >= 0.6 is 11.6 Å². The number of benzene rings is 1. The van der Waals surface area contributed by atoms with Crippen LogP contribution in [0.1, 0.15) is 25.3 Å². The van der Waals surface area contributed by atoms with E-state index in [2.05, 4.69) is 20.2 Å². The fourth-order valence-corrected chi connectivity index (χ4v) is 3.50. The largest absolute Gasteiger partial charge is 0.355 e. The molecule has 0 radical (unpaired) electrons. The number of carbonyl (C=O) groups is 1. The summed E-state index contributed by atoms with van der Waals surface area (Å²) in [5.41, 5.74) is 1.13. The fraction of sp³-hybridized carbons (Fsp3) is 0.421. The minimum Gasteiger partial charge on any atom is -0.355 e. The highest BCUT2D eigenvalue weighted by molar-refractivity contribution is 6.30. The zero-order valence-electron chi connectivity index (χ0n) is 14.4. The lowest BCUT2D eigenvalue weighted by molar-refractivity contribution is -0.125. The molecule has 0 saturated carbocycles. The molecule has 3 rings (SSSR count). The molecular weight excluding hydrogens is 336 g/mol. The number of piperidine rings is 1. The molecule has 1 aromatic heterocycles. The third kappa shape index (κ3) is 4.92. The monoisotopic (exact) mass is 358 g/mol. The Kier molecular flexibility index (Phi) is 5.87. The summed E-state index contributed by atoms with van der Waals surface area (Å²) in [6, 6.07) is 7.84. The van der Waals surface area contributed by atoms with Gasteiger partial charge < -0.3 is 10.2 Å². The molecule has 1 aliphatic heterocycles. The molecule has 1 aromatic carbocycles. The highest BCUT2D eigenvalue weighted by atomic mass is 35.5. The van der Waals surface area contributed by atoms with E-state index < -0.39 is 0 Å². The minimum absolute atomic E-state index is 0.0161. The van der Waals surface area contributed by atoms with E-state index in [1.807, 2.05) is 31.2 Å². The first-order valence-electron chi connectivity index (χ1n) is 8.67. The predicted molar refractivity (Wildman–Crippen MR) is 99.7 cm³/mol. The van der Waals surface area contributed by atoms with E-state index >= 15 is 0 Å². The van der Waals surface area contributed by atoms with Crippen molar-refractivity contribution in [3.05, 3.63) is 53.4 Å². The first-order valence-corrected chi connectivity index (χ1v) is 9.05. The molecule has 2 aromatic rings. The first-order chi connectivity index (χ1) is 12.1. The second-order valence-corrected chi connectivity index (χ2v) is 7.03. The summed E-state index contributed by atoms with van der Waals surface area (Å²) < 4.78 is 0. The summed E-state index contributed by atoms with van der Waals surface area (Å²) in [6.07, 6.45) is 7.76. The van der Waals surface area contributed by atoms with Gasteiger partial charge in [0.2, 0.25) is 5.91 Å². The lowest BCUT2D eigenvalue weighted by atomic mass is 9.96. The number of rotatable bonds is 5. The number of nitrogens with zero attached hydrogens (tertiary/aromatic N) is 3. The molecule has 0 bridgehead atoms. The molecule has 1 amide bonds. The Morgan fingerprint density at radius 1 is 1.44 bits per heavy atom. The fourth-order valence-electron chi connectivity index (χ4n) is 3.28. The highest BCUT2D eigenvalue weighted by Gasteiger charge is 2.27. The van der Waals surface area contributed by atoms with Crippen molar-refractivity contribution >= 4 is 23.3 Å². The van der Waals surface area contributed by atoms with E-state index in [9.17, 15) is 4.79 Å². The summed E-state index contributed by atoms with van der Waals surface area (Å²) in [5, 5.41) is 3.87. The molecule has 0 spiro atoms. The number of aromatic nitrogens is 2. The standard InChI is InChI=1S/C19H23ClN4O/c1-14(10-15-4-2-6-17(20)11-15)23-19(25)16-5-3-9-24(13-16)18-12-21-7-8-22-18/h2,4,6-8,11-12,14,16H,3,5,9-10,13H2,1H3,(H,23,25)/t14-,16+/m0/s1. The maximum Gasteiger partial charge on any atom is 0.225 e. The molecule has 25 heavy (non-hydrogen) atoms. The van der Waals surface area contributed by atoms with E-state index in [-0.39, 0.29) is 17.9 Å². The second kappa shape index (κ2) is 8.30. The van der Waals surface area contributed by atoms with E-state index in [1.54, 1.807) is 18.6 Å². The molecule has 5 nitrogen and oxygen atoms in total. The Morgan fingerprint density at radius 3 is 3.08 bits per heavy atom. The van der Waals surface area contributed by atoms with Crippen molar-refractivity contribution in [1.29, 1.82) is 0 Å². The van der Waals surface area contributed by atoms with Crippen molar-refractivity contribution in [3.63, 3.8) is 0 Å². The quantitative estimate of drug-likeness (QED) is 0.892. The average Bonchev–Trinajstić information content (AvgIpc) is 2.62. The Bertz CT molecular complexity index is 710. The van der Waals surface area contributed by atoms with Crippen molar-refractivity contribution in [2.75, 3.05) is 18.0 Å². The average molecular weight is 359 g/mol. The normalized spacial score (nSPS) is 18.6. The molecule has 2 heterocycles. The van der Waals surface area contributed by atoms with Gasteiger partial charge in [0.25, 0.3) is 0 Å². The van der Waals surface area contributed by atoms with Crippen molar-refractivity contribution in [2.45, 2.75) is 32.2 Å². The van der Waals surface area contributed by atoms with Gasteiger partial charge in [0.05, 0.1) is 12.1 Å². The molecule has 1 saturated heterocycles. The number of halogens is 1. The van der Waals surface area contributed by atoms with E-state index in [0.29, 0.717) is 6.54 Å². The predicted octanol–water partition coefficient (Wildman–Crippen LogP) is 3.09. The van der Waals surface area contributed by atoms with Crippen LogP contribution in [0, 0.1) is 5.92 Å². The van der Waals surface area contributed by atoms with Crippen LogP contribution in [0.15, 0.2) is 42.9 Å². The van der Waals surface area contributed by atoms with Crippen molar-refractivity contribution < 1.29 is 4.79 Å². The Hall–Kier alpha value is -2.14. The topological polar surface area (TPSA) is 58.1 Å². The number of amides is 1. The van der Waals surface area contributed by atoms with Crippen LogP contribution in [0.25, 0.3) is 0 Å². The molecule has 132 valence electrons. The van der Waals surface area contributed by atoms with Gasteiger partial charge in [0, 0.05) is 36.5 Å². The lowest BCUT2D eigenvalue weighted by Crippen LogP contribution is -2.46. The maximum atomic E-state index is 12.6. The third-order valence-corrected chi connectivity index (χ3v) is 4.72. The maximum absolute atomic E-state index is 12.6. The molecule has 1 aliphatic rings. The summed E-state index contributed by atoms with van der Waals surface area (Å²) >= 11 is 6.03. The Morgan fingerprint density at radius 2 is 2.32 bits per heavy atom. The second-order valence-electron chi connectivity index (χ2n) is 6.59. The zero-order valence-corrected chi connectivity index (χ0v) is 15.1. The molecule has 1 fully saturated rings. The van der Waals surface area contributed by atoms with Gasteiger partial charge in [-0.05, 0) is 43.9 Å². The summed E-state index contributed by atoms with van der Waals surface area (Å²) in [7, 11) is 0. The van der Waals surface area contributed by atoms with Gasteiger partial charge >= 0.3 is 0 Å². The van der Waals surface area contributed by atoms with Gasteiger partial charge in [-0.25, -0.2) is 4.98 Å². The SMILES string of the molecule is C[C@@H](Cc1cccc(Cl)c1)NC(=O)[C@@H]1CCCN(c2cnccn2)C1. The van der Waals surface area contributed by atoms with E-state index in [1.165, 1.54) is 0 Å². The van der Waals surface area contributed by atoms with Crippen LogP contribution in [0.2, 0.25) is 5.02 Å². The summed E-state index contributed by atoms with van der Waals surface area (Å²) in [6.45, 7) is 3.64. The van der Waals surface area contributed by atoms with Gasteiger partial charge in [-0.2, -0.15) is 0 Å². The zero-order chi connectivity index (χ0) is 17.6. The van der Waals surface area contributed by atoms with Gasteiger partial charge in [0.15, 0.2) is 0 Å². The highest BCUT2D eigenvalue weighted by Crippen LogP contribution is 2.21. The van der Waals surface area contributed by atoms with Crippen LogP contribution in [-0.2, 0) is 11.2 Å². The summed E-state index contributed by atoms with van der Waals surface area (Å²) in [5.74, 6) is 0.938. The molecule has 2 atom stereocenters. The lowest BCUT2D eigenvalue weighted by Gasteiger charge is -2.33.